The second-order valence-corrected chi connectivity index (χ2v) is 8.49. The molecular weight excluding hydrogens is 447 g/mol. The molecule has 176 valence electrons. The van der Waals surface area contributed by atoms with Crippen LogP contribution in [-0.4, -0.2) is 40.9 Å². The van der Waals surface area contributed by atoms with E-state index in [0.717, 1.165) is 28.6 Å². The third kappa shape index (κ3) is 4.10. The van der Waals surface area contributed by atoms with Gasteiger partial charge in [-0.05, 0) is 79.4 Å². The number of benzene rings is 3. The molecule has 7 heteroatoms. The third-order valence-corrected chi connectivity index (χ3v) is 6.37. The van der Waals surface area contributed by atoms with E-state index in [-0.39, 0.29) is 17.6 Å². The summed E-state index contributed by atoms with van der Waals surface area (Å²) in [6.45, 7) is 0.344. The lowest BCUT2D eigenvalue weighted by atomic mass is 10.0. The van der Waals surface area contributed by atoms with Crippen LogP contribution < -0.4 is 0 Å². The van der Waals surface area contributed by atoms with E-state index in [1.165, 1.54) is 24.1 Å². The van der Waals surface area contributed by atoms with Crippen molar-refractivity contribution in [2.75, 3.05) is 13.7 Å². The Morgan fingerprint density at radius 2 is 1.60 bits per heavy atom. The predicted molar refractivity (Wildman–Crippen MR) is 129 cm³/mol. The number of imide groups is 1. The first-order valence-electron chi connectivity index (χ1n) is 11.4. The number of aromatic nitrogens is 1. The molecule has 0 aliphatic carbocycles. The highest BCUT2D eigenvalue weighted by atomic mass is 19.1. The number of carbonyl (C=O) groups excluding carboxylic acids is 3. The maximum atomic E-state index is 13.5. The van der Waals surface area contributed by atoms with Crippen LogP contribution in [0, 0.1) is 5.82 Å². The molecule has 0 unspecified atom stereocenters. The van der Waals surface area contributed by atoms with Gasteiger partial charge in [0.25, 0.3) is 11.8 Å². The number of methoxy groups -OCH3 is 1. The molecule has 3 aromatic carbocycles. The van der Waals surface area contributed by atoms with Gasteiger partial charge in [-0.25, -0.2) is 9.18 Å². The minimum absolute atomic E-state index is 0.249. The summed E-state index contributed by atoms with van der Waals surface area (Å²) < 4.78 is 20.3. The quantitative estimate of drug-likeness (QED) is 0.212. The van der Waals surface area contributed by atoms with Crippen LogP contribution >= 0.6 is 0 Å². The van der Waals surface area contributed by atoms with Crippen molar-refractivity contribution in [2.24, 2.45) is 0 Å². The Morgan fingerprint density at radius 1 is 0.914 bits per heavy atom. The SMILES string of the molecule is COC(=O)c1ccc2c(c1)c(CCCCN1C(=O)c3ccccc3C1=O)cn2-c1ccc(F)cc1. The number of carbonyl (C=O) groups is 3. The first-order valence-corrected chi connectivity index (χ1v) is 11.4. The van der Waals surface area contributed by atoms with Gasteiger partial charge in [-0.1, -0.05) is 12.1 Å². The highest BCUT2D eigenvalue weighted by molar-refractivity contribution is 6.21. The number of unbranched alkanes of at least 4 members (excludes halogenated alkanes) is 1. The molecule has 5 rings (SSSR count). The van der Waals surface area contributed by atoms with Gasteiger partial charge >= 0.3 is 5.97 Å². The summed E-state index contributed by atoms with van der Waals surface area (Å²) in [5.41, 5.74) is 4.06. The molecule has 1 aromatic heterocycles. The molecule has 0 N–H and O–H groups in total. The lowest BCUT2D eigenvalue weighted by Crippen LogP contribution is -2.30. The molecule has 0 saturated heterocycles. The van der Waals surface area contributed by atoms with E-state index >= 15 is 0 Å². The number of hydrogen-bond donors (Lipinski definition) is 0. The Morgan fingerprint density at radius 3 is 2.26 bits per heavy atom. The zero-order valence-electron chi connectivity index (χ0n) is 19.2. The number of ether oxygens (including phenoxy) is 1. The maximum absolute atomic E-state index is 13.5. The fraction of sp³-hybridized carbons (Fsp3) is 0.179. The average Bonchev–Trinajstić information content (AvgIpc) is 3.36. The van der Waals surface area contributed by atoms with Crippen LogP contribution in [0.15, 0.2) is 72.9 Å². The largest absolute Gasteiger partial charge is 0.465 e. The number of hydrogen-bond acceptors (Lipinski definition) is 4. The smallest absolute Gasteiger partial charge is 0.337 e. The van der Waals surface area contributed by atoms with Crippen molar-refractivity contribution in [1.82, 2.24) is 9.47 Å². The van der Waals surface area contributed by atoms with Crippen molar-refractivity contribution in [1.29, 1.82) is 0 Å². The number of nitrogens with zero attached hydrogens (tertiary/aromatic N) is 2. The lowest BCUT2D eigenvalue weighted by Gasteiger charge is -2.13. The molecule has 1 aliphatic rings. The van der Waals surface area contributed by atoms with Crippen LogP contribution in [0.1, 0.15) is 49.5 Å². The van der Waals surface area contributed by atoms with Gasteiger partial charge < -0.3 is 9.30 Å². The molecule has 0 saturated carbocycles. The molecule has 0 radical (unpaired) electrons. The van der Waals surface area contributed by atoms with Crippen molar-refractivity contribution in [3.05, 3.63) is 101 Å². The van der Waals surface area contributed by atoms with E-state index in [4.69, 9.17) is 4.74 Å². The summed E-state index contributed by atoms with van der Waals surface area (Å²) >= 11 is 0. The second-order valence-electron chi connectivity index (χ2n) is 8.49. The van der Waals surface area contributed by atoms with Crippen LogP contribution in [0.2, 0.25) is 0 Å². The number of esters is 1. The third-order valence-electron chi connectivity index (χ3n) is 6.37. The zero-order valence-corrected chi connectivity index (χ0v) is 19.2. The molecule has 0 bridgehead atoms. The van der Waals surface area contributed by atoms with Gasteiger partial charge in [0.05, 0.1) is 29.3 Å². The number of fused-ring (bicyclic) bond motifs is 2. The Hall–Kier alpha value is -4.26. The highest BCUT2D eigenvalue weighted by Gasteiger charge is 2.34. The highest BCUT2D eigenvalue weighted by Crippen LogP contribution is 2.28. The summed E-state index contributed by atoms with van der Waals surface area (Å²) in [5.74, 6) is -1.23. The normalized spacial score (nSPS) is 12.9. The molecule has 4 aromatic rings. The number of rotatable bonds is 7. The molecule has 2 heterocycles. The summed E-state index contributed by atoms with van der Waals surface area (Å²) in [6.07, 6.45) is 4.04. The molecular formula is C28H23FN2O4. The minimum atomic E-state index is -0.419. The summed E-state index contributed by atoms with van der Waals surface area (Å²) in [4.78, 5) is 38.6. The first-order chi connectivity index (χ1) is 17.0. The van der Waals surface area contributed by atoms with Crippen molar-refractivity contribution >= 4 is 28.7 Å². The molecule has 6 nitrogen and oxygen atoms in total. The first kappa shape index (κ1) is 22.5. The van der Waals surface area contributed by atoms with Crippen molar-refractivity contribution < 1.29 is 23.5 Å². The second kappa shape index (κ2) is 9.18. The summed E-state index contributed by atoms with van der Waals surface area (Å²) in [7, 11) is 1.34. The van der Waals surface area contributed by atoms with E-state index < -0.39 is 5.97 Å². The van der Waals surface area contributed by atoms with Crippen molar-refractivity contribution in [3.63, 3.8) is 0 Å². The van der Waals surface area contributed by atoms with Crippen LogP contribution in [0.4, 0.5) is 4.39 Å². The number of amides is 2. The molecule has 0 atom stereocenters. The molecule has 2 amide bonds. The average molecular weight is 471 g/mol. The van der Waals surface area contributed by atoms with Gasteiger partial charge in [0.2, 0.25) is 0 Å². The van der Waals surface area contributed by atoms with Crippen LogP contribution in [0.5, 0.6) is 0 Å². The van der Waals surface area contributed by atoms with E-state index in [1.807, 2.05) is 16.8 Å². The monoisotopic (exact) mass is 470 g/mol. The van der Waals surface area contributed by atoms with Gasteiger partial charge in [0, 0.05) is 23.8 Å². The molecule has 0 spiro atoms. The topological polar surface area (TPSA) is 68.6 Å². The Bertz CT molecular complexity index is 1420. The van der Waals surface area contributed by atoms with E-state index in [2.05, 4.69) is 0 Å². The Kier molecular flexibility index (Phi) is 5.91. The molecule has 35 heavy (non-hydrogen) atoms. The van der Waals surface area contributed by atoms with Crippen LogP contribution in [-0.2, 0) is 11.2 Å². The van der Waals surface area contributed by atoms with Crippen LogP contribution in [0.3, 0.4) is 0 Å². The van der Waals surface area contributed by atoms with Crippen molar-refractivity contribution in [2.45, 2.75) is 19.3 Å². The number of aryl methyl sites for hydroxylation is 1. The molecule has 0 fully saturated rings. The van der Waals surface area contributed by atoms with E-state index in [9.17, 15) is 18.8 Å². The Labute approximate surface area is 201 Å². The van der Waals surface area contributed by atoms with Gasteiger partial charge in [0.15, 0.2) is 0 Å². The molecule has 1 aliphatic heterocycles. The standard InChI is InChI=1S/C28H23FN2O4/c1-35-28(34)18-9-14-25-24(16-18)19(17-31(25)21-12-10-20(29)11-13-21)6-4-5-15-30-26(32)22-7-2-3-8-23(22)27(30)33/h2-3,7-14,16-17H,4-6,15H2,1H3. The minimum Gasteiger partial charge on any atom is -0.465 e. The van der Waals surface area contributed by atoms with E-state index in [0.29, 0.717) is 36.1 Å². The maximum Gasteiger partial charge on any atom is 0.337 e. The summed E-state index contributed by atoms with van der Waals surface area (Å²) in [5, 5.41) is 0.901. The van der Waals surface area contributed by atoms with Gasteiger partial charge in [0.1, 0.15) is 5.82 Å². The number of halogens is 1. The fourth-order valence-electron chi connectivity index (χ4n) is 4.59. The van der Waals surface area contributed by atoms with Crippen molar-refractivity contribution in [3.8, 4) is 5.69 Å². The van der Waals surface area contributed by atoms with E-state index in [1.54, 1.807) is 48.5 Å². The van der Waals surface area contributed by atoms with Gasteiger partial charge in [-0.15, -0.1) is 0 Å². The lowest BCUT2D eigenvalue weighted by molar-refractivity contribution is 0.0598. The van der Waals surface area contributed by atoms with Crippen LogP contribution in [0.25, 0.3) is 16.6 Å². The predicted octanol–water partition coefficient (Wildman–Crippen LogP) is 5.18. The fourth-order valence-corrected chi connectivity index (χ4v) is 4.59. The summed E-state index contributed by atoms with van der Waals surface area (Å²) in [6, 6.07) is 18.5. The van der Waals surface area contributed by atoms with Gasteiger partial charge in [-0.3, -0.25) is 14.5 Å². The Balaban J connectivity index is 1.36. The zero-order chi connectivity index (χ0) is 24.5. The van der Waals surface area contributed by atoms with Gasteiger partial charge in [-0.2, -0.15) is 0 Å².